The molecule has 1 saturated heterocycles. The summed E-state index contributed by atoms with van der Waals surface area (Å²) in [6.07, 6.45) is 4.85. The molecule has 1 unspecified atom stereocenters. The van der Waals surface area contributed by atoms with Crippen LogP contribution in [0.2, 0.25) is 0 Å². The zero-order valence-corrected chi connectivity index (χ0v) is 16.4. The van der Waals surface area contributed by atoms with E-state index in [2.05, 4.69) is 7.05 Å². The Hall–Kier alpha value is -1.92. The molecule has 4 atom stereocenters. The van der Waals surface area contributed by atoms with Crippen LogP contribution in [0.4, 0.5) is 0 Å². The number of likely N-dealkylation sites (N-methyl/N-ethyl adjacent to an activating group) is 1. The van der Waals surface area contributed by atoms with Gasteiger partial charge in [-0.2, -0.15) is 0 Å². The number of phenols is 1. The zero-order chi connectivity index (χ0) is 19.9. The maximum absolute atomic E-state index is 12.6. The summed E-state index contributed by atoms with van der Waals surface area (Å²) in [7, 11) is 2.25. The van der Waals surface area contributed by atoms with Crippen molar-refractivity contribution in [3.8, 4) is 5.75 Å². The molecule has 0 spiro atoms. The fourth-order valence-electron chi connectivity index (χ4n) is 6.73. The Morgan fingerprint density at radius 3 is 2.75 bits per heavy atom. The molecule has 28 heavy (non-hydrogen) atoms. The van der Waals surface area contributed by atoms with Gasteiger partial charge < -0.3 is 20.4 Å². The van der Waals surface area contributed by atoms with Gasteiger partial charge in [-0.25, -0.2) is 0 Å². The van der Waals surface area contributed by atoms with E-state index in [1.54, 1.807) is 6.07 Å². The number of likely N-dealkylation sites (tertiary alicyclic amines) is 1. The standard InChI is InChI=1S/C22H28N2O4/c1-24(12-13-2-3-13)9-8-21-11-15(25)6-7-22(21,28)17(24)10-14-4-5-16(20(23)27)19(26)18(14)21/h4-5,13,17,28H,2-3,6-12H2,1H3,(H2-,23,26,27)/p+1/t17?,21-,22-,24+/m1/s1. The lowest BCUT2D eigenvalue weighted by molar-refractivity contribution is -0.950. The highest BCUT2D eigenvalue weighted by atomic mass is 16.3. The largest absolute Gasteiger partial charge is 0.507 e. The number of piperidine rings is 1. The lowest BCUT2D eigenvalue weighted by Crippen LogP contribution is -2.78. The van der Waals surface area contributed by atoms with Crippen LogP contribution in [0.5, 0.6) is 5.75 Å². The number of aromatic hydroxyl groups is 1. The third kappa shape index (κ3) is 2.22. The van der Waals surface area contributed by atoms with Gasteiger partial charge in [0, 0.05) is 42.6 Å². The first-order chi connectivity index (χ1) is 13.2. The third-order valence-electron chi connectivity index (χ3n) is 8.26. The second kappa shape index (κ2) is 5.57. The van der Waals surface area contributed by atoms with Gasteiger partial charge in [-0.1, -0.05) is 6.07 Å². The predicted molar refractivity (Wildman–Crippen MR) is 103 cm³/mol. The number of nitrogens with two attached hydrogens (primary N) is 1. The molecule has 1 amide bonds. The normalized spacial score (nSPS) is 39.2. The Balaban J connectivity index is 1.73. The van der Waals surface area contributed by atoms with E-state index in [1.165, 1.54) is 12.8 Å². The molecule has 150 valence electrons. The zero-order valence-electron chi connectivity index (χ0n) is 16.4. The fraction of sp³-hybridized carbons (Fsp3) is 0.636. The number of quaternary nitrogens is 1. The van der Waals surface area contributed by atoms with Crippen molar-refractivity contribution < 1.29 is 24.3 Å². The minimum absolute atomic E-state index is 0.00118. The number of amides is 1. The van der Waals surface area contributed by atoms with E-state index < -0.39 is 16.9 Å². The number of Topliss-reactive ketones (excluding diaryl/α,β-unsaturated/α-hetero) is 1. The van der Waals surface area contributed by atoms with Crippen LogP contribution >= 0.6 is 0 Å². The second-order valence-corrected chi connectivity index (χ2v) is 9.88. The molecular weight excluding hydrogens is 356 g/mol. The van der Waals surface area contributed by atoms with Crippen molar-refractivity contribution in [2.45, 2.75) is 62.0 Å². The molecule has 1 aromatic carbocycles. The van der Waals surface area contributed by atoms with Gasteiger partial charge in [0.15, 0.2) is 0 Å². The summed E-state index contributed by atoms with van der Waals surface area (Å²) in [4.78, 5) is 24.4. The number of nitrogens with zero attached hydrogens (tertiary/aromatic N) is 1. The summed E-state index contributed by atoms with van der Waals surface area (Å²) in [6.45, 7) is 1.94. The van der Waals surface area contributed by atoms with Crippen LogP contribution in [0.1, 0.15) is 60.0 Å². The van der Waals surface area contributed by atoms with Crippen molar-refractivity contribution in [3.05, 3.63) is 28.8 Å². The summed E-state index contributed by atoms with van der Waals surface area (Å²) in [5.74, 6) is 0.0429. The number of fused-ring (bicyclic) bond motifs is 1. The summed E-state index contributed by atoms with van der Waals surface area (Å²) in [5, 5.41) is 23.2. The molecule has 2 bridgehead atoms. The molecule has 5 rings (SSSR count). The van der Waals surface area contributed by atoms with Crippen LogP contribution < -0.4 is 5.73 Å². The summed E-state index contributed by atoms with van der Waals surface area (Å²) in [5.41, 5.74) is 5.23. The van der Waals surface area contributed by atoms with Gasteiger partial charge >= 0.3 is 0 Å². The lowest BCUT2D eigenvalue weighted by atomic mass is 9.48. The van der Waals surface area contributed by atoms with E-state index in [-0.39, 0.29) is 29.6 Å². The number of primary amides is 1. The summed E-state index contributed by atoms with van der Waals surface area (Å²) >= 11 is 0. The van der Waals surface area contributed by atoms with Crippen molar-refractivity contribution in [1.29, 1.82) is 0 Å². The van der Waals surface area contributed by atoms with Gasteiger partial charge in [0.2, 0.25) is 0 Å². The van der Waals surface area contributed by atoms with E-state index in [9.17, 15) is 19.8 Å². The maximum Gasteiger partial charge on any atom is 0.252 e. The highest BCUT2D eigenvalue weighted by molar-refractivity contribution is 5.96. The van der Waals surface area contributed by atoms with E-state index in [4.69, 9.17) is 5.73 Å². The van der Waals surface area contributed by atoms with Crippen molar-refractivity contribution in [1.82, 2.24) is 0 Å². The second-order valence-electron chi connectivity index (χ2n) is 9.88. The van der Waals surface area contributed by atoms with E-state index in [0.717, 1.165) is 29.1 Å². The molecular formula is C22H29N2O4+. The van der Waals surface area contributed by atoms with Gasteiger partial charge in [-0.05, 0) is 30.9 Å². The first-order valence-electron chi connectivity index (χ1n) is 10.4. The predicted octanol–water partition coefficient (Wildman–Crippen LogP) is 1.40. The van der Waals surface area contributed by atoms with Crippen molar-refractivity contribution in [3.63, 3.8) is 0 Å². The van der Waals surface area contributed by atoms with Gasteiger partial charge in [0.1, 0.15) is 23.2 Å². The molecule has 4 aliphatic rings. The molecule has 6 heteroatoms. The van der Waals surface area contributed by atoms with Crippen molar-refractivity contribution in [2.75, 3.05) is 20.1 Å². The Morgan fingerprint density at radius 1 is 1.32 bits per heavy atom. The third-order valence-corrected chi connectivity index (χ3v) is 8.26. The molecule has 1 heterocycles. The van der Waals surface area contributed by atoms with Gasteiger partial charge in [-0.3, -0.25) is 9.59 Å². The topological polar surface area (TPSA) is 101 Å². The van der Waals surface area contributed by atoms with Crippen LogP contribution in [0.3, 0.4) is 0 Å². The highest BCUT2D eigenvalue weighted by Gasteiger charge is 2.70. The minimum Gasteiger partial charge on any atom is -0.507 e. The van der Waals surface area contributed by atoms with Crippen LogP contribution in [-0.2, 0) is 16.6 Å². The van der Waals surface area contributed by atoms with Gasteiger partial charge in [-0.15, -0.1) is 0 Å². The average molecular weight is 385 g/mol. The smallest absolute Gasteiger partial charge is 0.252 e. The maximum atomic E-state index is 12.6. The number of rotatable bonds is 3. The number of ketones is 1. The molecule has 2 saturated carbocycles. The summed E-state index contributed by atoms with van der Waals surface area (Å²) < 4.78 is 0.828. The lowest BCUT2D eigenvalue weighted by Gasteiger charge is -2.65. The summed E-state index contributed by atoms with van der Waals surface area (Å²) in [6, 6.07) is 3.46. The van der Waals surface area contributed by atoms with Gasteiger partial charge in [0.05, 0.1) is 25.7 Å². The van der Waals surface area contributed by atoms with Crippen LogP contribution in [0.15, 0.2) is 12.1 Å². The Bertz CT molecular complexity index is 895. The van der Waals surface area contributed by atoms with Crippen LogP contribution in [0, 0.1) is 5.92 Å². The molecule has 0 radical (unpaired) electrons. The number of carbonyl (C=O) groups excluding carboxylic acids is 2. The first kappa shape index (κ1) is 18.1. The first-order valence-corrected chi connectivity index (χ1v) is 10.4. The molecule has 6 nitrogen and oxygen atoms in total. The Labute approximate surface area is 164 Å². The van der Waals surface area contributed by atoms with Crippen molar-refractivity contribution >= 4 is 11.7 Å². The average Bonchev–Trinajstić information content (AvgIpc) is 3.43. The number of hydrogen-bond donors (Lipinski definition) is 3. The van der Waals surface area contributed by atoms with E-state index in [0.29, 0.717) is 31.2 Å². The number of hydrogen-bond acceptors (Lipinski definition) is 4. The van der Waals surface area contributed by atoms with Crippen LogP contribution in [-0.4, -0.2) is 58.2 Å². The fourth-order valence-corrected chi connectivity index (χ4v) is 6.73. The SMILES string of the molecule is C[N@@+]1(CC2CC2)CC[C@]23CC(=O)CC[C@@]2(O)C1Cc1ccc(C(N)=O)c(O)c13. The number of carbonyl (C=O) groups is 2. The minimum atomic E-state index is -1.05. The molecule has 1 aliphatic heterocycles. The number of aliphatic hydroxyl groups is 1. The molecule has 4 N–H and O–H groups in total. The molecule has 0 aromatic heterocycles. The Morgan fingerprint density at radius 2 is 2.07 bits per heavy atom. The van der Waals surface area contributed by atoms with Crippen LogP contribution in [0.25, 0.3) is 0 Å². The number of benzene rings is 1. The molecule has 3 fully saturated rings. The van der Waals surface area contributed by atoms with E-state index >= 15 is 0 Å². The molecule has 3 aliphatic carbocycles. The monoisotopic (exact) mass is 385 g/mol. The Kier molecular flexibility index (Phi) is 3.61. The van der Waals surface area contributed by atoms with Gasteiger partial charge in [0.25, 0.3) is 5.91 Å². The van der Waals surface area contributed by atoms with E-state index in [1.807, 2.05) is 6.07 Å². The quantitative estimate of drug-likeness (QED) is 0.685. The van der Waals surface area contributed by atoms with Crippen molar-refractivity contribution in [2.24, 2.45) is 11.7 Å². The highest BCUT2D eigenvalue weighted by Crippen LogP contribution is 2.61. The molecule has 1 aromatic rings.